The molecule has 0 spiro atoms. The number of hydrogen-bond donors (Lipinski definition) is 0. The predicted octanol–water partition coefficient (Wildman–Crippen LogP) is 5.73. The topological polar surface area (TPSA) is 44.2 Å². The monoisotopic (exact) mass is 472 g/mol. The van der Waals surface area contributed by atoms with Crippen LogP contribution in [-0.4, -0.2) is 14.1 Å². The van der Waals surface area contributed by atoms with E-state index < -0.39 is 5.67 Å². The third kappa shape index (κ3) is 3.57. The van der Waals surface area contributed by atoms with Crippen molar-refractivity contribution in [2.75, 3.05) is 0 Å². The van der Waals surface area contributed by atoms with Gasteiger partial charge in [0.1, 0.15) is 0 Å². The molecule has 5 nitrogen and oxygen atoms in total. The second-order valence-electron chi connectivity index (χ2n) is 8.62. The molecular weight excluding hydrogens is 451 g/mol. The Morgan fingerprint density at radius 3 is 2.44 bits per heavy atom. The highest BCUT2D eigenvalue weighted by atomic mass is 19.1. The molecule has 0 radical (unpaired) electrons. The largest absolute Gasteiger partial charge is 0.334 e. The van der Waals surface area contributed by atoms with Gasteiger partial charge < -0.3 is 9.13 Å². The molecule has 0 aliphatic heterocycles. The van der Waals surface area contributed by atoms with Gasteiger partial charge in [0.2, 0.25) is 5.67 Å². The van der Waals surface area contributed by atoms with Crippen molar-refractivity contribution in [2.45, 2.75) is 5.67 Å². The van der Waals surface area contributed by atoms with Crippen molar-refractivity contribution in [3.05, 3.63) is 129 Å². The number of aromatic nitrogens is 3. The van der Waals surface area contributed by atoms with Gasteiger partial charge in [0.25, 0.3) is 5.56 Å². The van der Waals surface area contributed by atoms with Gasteiger partial charge in [-0.1, -0.05) is 48.4 Å². The fraction of sp³-hybridized carbons (Fsp3) is 0.100. The summed E-state index contributed by atoms with van der Waals surface area (Å²) in [6, 6.07) is 20.6. The Balaban J connectivity index is 1.83. The van der Waals surface area contributed by atoms with Crippen molar-refractivity contribution in [3.63, 3.8) is 0 Å². The fourth-order valence-electron chi connectivity index (χ4n) is 4.61. The van der Waals surface area contributed by atoms with Crippen molar-refractivity contribution in [2.24, 2.45) is 14.1 Å². The van der Waals surface area contributed by atoms with Crippen LogP contribution in [0.3, 0.4) is 0 Å². The molecule has 0 saturated heterocycles. The van der Waals surface area contributed by atoms with Crippen LogP contribution in [0.5, 0.6) is 0 Å². The van der Waals surface area contributed by atoms with Gasteiger partial charge in [-0.15, -0.1) is 6.42 Å². The minimum Gasteiger partial charge on any atom is -0.334 e. The van der Waals surface area contributed by atoms with Crippen LogP contribution in [0, 0.1) is 18.9 Å². The molecule has 0 saturated carbocycles. The summed E-state index contributed by atoms with van der Waals surface area (Å²) in [5.41, 5.74) is 2.08. The third-order valence-corrected chi connectivity index (χ3v) is 6.55. The quantitative estimate of drug-likeness (QED) is 0.248. The summed E-state index contributed by atoms with van der Waals surface area (Å²) in [5, 5.41) is 0.714. The van der Waals surface area contributed by atoms with E-state index >= 15 is 4.39 Å². The lowest BCUT2D eigenvalue weighted by Crippen LogP contribution is -2.26. The fourth-order valence-corrected chi connectivity index (χ4v) is 4.61. The molecule has 1 atom stereocenters. The van der Waals surface area contributed by atoms with E-state index in [-0.39, 0.29) is 5.56 Å². The summed E-state index contributed by atoms with van der Waals surface area (Å²) in [4.78, 5) is 20.4. The average molecular weight is 473 g/mol. The minimum atomic E-state index is -2.06. The number of nitrogens with zero attached hydrogens (tertiary/aromatic N) is 4. The molecule has 0 unspecified atom stereocenters. The second kappa shape index (κ2) is 8.69. The summed E-state index contributed by atoms with van der Waals surface area (Å²) >= 11 is 0. The Labute approximate surface area is 207 Å². The first-order valence-corrected chi connectivity index (χ1v) is 11.2. The maximum atomic E-state index is 17.4. The van der Waals surface area contributed by atoms with Gasteiger partial charge in [0.15, 0.2) is 5.69 Å². The summed E-state index contributed by atoms with van der Waals surface area (Å²) in [6.07, 6.45) is 8.67. The van der Waals surface area contributed by atoms with Crippen molar-refractivity contribution in [1.82, 2.24) is 14.1 Å². The Kier molecular flexibility index (Phi) is 5.51. The molecule has 6 heteroatoms. The summed E-state index contributed by atoms with van der Waals surface area (Å²) in [7, 11) is 3.44. The zero-order valence-corrected chi connectivity index (χ0v) is 19.7. The number of pyridine rings is 1. The van der Waals surface area contributed by atoms with Crippen molar-refractivity contribution >= 4 is 16.6 Å². The number of imidazole rings is 1. The van der Waals surface area contributed by atoms with Crippen LogP contribution < -0.4 is 5.56 Å². The molecule has 174 valence electrons. The van der Waals surface area contributed by atoms with Gasteiger partial charge in [-0.05, 0) is 41.0 Å². The van der Waals surface area contributed by atoms with Crippen LogP contribution in [0.1, 0.15) is 22.4 Å². The lowest BCUT2D eigenvalue weighted by molar-refractivity contribution is 0.267. The first-order valence-electron chi connectivity index (χ1n) is 11.2. The zero-order chi connectivity index (χ0) is 25.4. The number of terminal acetylenes is 1. The van der Waals surface area contributed by atoms with Gasteiger partial charge in [0.05, 0.1) is 30.3 Å². The zero-order valence-electron chi connectivity index (χ0n) is 19.7. The summed E-state index contributed by atoms with van der Waals surface area (Å²) in [6.45, 7) is 7.25. The molecule has 0 amide bonds. The number of halogens is 1. The van der Waals surface area contributed by atoms with E-state index in [9.17, 15) is 4.79 Å². The molecule has 3 aromatic carbocycles. The minimum absolute atomic E-state index is 0.177. The maximum absolute atomic E-state index is 17.4. The highest BCUT2D eigenvalue weighted by molar-refractivity contribution is 5.95. The molecule has 36 heavy (non-hydrogen) atoms. The number of hydrogen-bond acceptors (Lipinski definition) is 2. The third-order valence-electron chi connectivity index (χ3n) is 6.55. The van der Waals surface area contributed by atoms with Gasteiger partial charge in [-0.25, -0.2) is 14.2 Å². The van der Waals surface area contributed by atoms with E-state index in [1.54, 1.807) is 78.1 Å². The van der Waals surface area contributed by atoms with Crippen molar-refractivity contribution < 1.29 is 4.39 Å². The number of benzene rings is 3. The molecule has 5 aromatic rings. The van der Waals surface area contributed by atoms with Gasteiger partial charge in [0, 0.05) is 36.7 Å². The molecule has 2 aromatic heterocycles. The molecule has 2 heterocycles. The molecule has 0 N–H and O–H groups in total. The molecule has 0 aliphatic rings. The van der Waals surface area contributed by atoms with E-state index in [0.717, 1.165) is 5.56 Å². The molecule has 5 rings (SSSR count). The van der Waals surface area contributed by atoms with Crippen LogP contribution in [0.25, 0.3) is 26.9 Å². The Hall–Kier alpha value is -4.94. The Bertz CT molecular complexity index is 1770. The maximum Gasteiger partial charge on any atom is 0.251 e. The van der Waals surface area contributed by atoms with E-state index in [2.05, 4.69) is 15.7 Å². The highest BCUT2D eigenvalue weighted by Gasteiger charge is 2.39. The lowest BCUT2D eigenvalue weighted by Gasteiger charge is -2.28. The number of fused-ring (bicyclic) bond motifs is 1. The molecule has 0 aliphatic carbocycles. The van der Waals surface area contributed by atoms with E-state index in [1.165, 1.54) is 6.20 Å². The second-order valence-corrected chi connectivity index (χ2v) is 8.62. The number of rotatable bonds is 4. The lowest BCUT2D eigenvalue weighted by atomic mass is 9.84. The molecular formula is C30H21FN4O. The van der Waals surface area contributed by atoms with Crippen LogP contribution >= 0.6 is 0 Å². The van der Waals surface area contributed by atoms with Gasteiger partial charge in [-0.3, -0.25) is 4.79 Å². The first kappa shape index (κ1) is 22.8. The van der Waals surface area contributed by atoms with E-state index in [1.807, 2.05) is 24.3 Å². The van der Waals surface area contributed by atoms with Gasteiger partial charge >= 0.3 is 0 Å². The van der Waals surface area contributed by atoms with Crippen molar-refractivity contribution in [1.29, 1.82) is 0 Å². The van der Waals surface area contributed by atoms with Crippen molar-refractivity contribution in [3.8, 4) is 23.5 Å². The average Bonchev–Trinajstić information content (AvgIpc) is 3.36. The van der Waals surface area contributed by atoms with E-state index in [0.29, 0.717) is 44.5 Å². The number of alkyl halides is 1. The Morgan fingerprint density at radius 1 is 1.03 bits per heavy atom. The molecule has 0 bridgehead atoms. The highest BCUT2D eigenvalue weighted by Crippen LogP contribution is 2.42. The van der Waals surface area contributed by atoms with E-state index in [4.69, 9.17) is 13.0 Å². The van der Waals surface area contributed by atoms with Crippen LogP contribution in [0.2, 0.25) is 0 Å². The van der Waals surface area contributed by atoms with Crippen LogP contribution in [0.15, 0.2) is 90.1 Å². The van der Waals surface area contributed by atoms with Crippen LogP contribution in [0.4, 0.5) is 10.1 Å². The number of aryl methyl sites for hydroxylation is 2. The first-order chi connectivity index (χ1) is 17.4. The standard InChI is InChI=1S/C30H21FN4O/c1-5-20-7-6-8-21(15-20)25-17-29(36)35(4)27-14-11-23(16-26(25)27)30(31,28-18-33-19-34(28)3)22-9-12-24(32-2)13-10-22/h1,6-19H,3-4H3/t30-/m1/s1. The normalized spacial score (nSPS) is 12.6. The summed E-state index contributed by atoms with van der Waals surface area (Å²) < 4.78 is 20.6. The van der Waals surface area contributed by atoms with Crippen LogP contribution in [-0.2, 0) is 19.8 Å². The predicted molar refractivity (Wildman–Crippen MR) is 139 cm³/mol. The smallest absolute Gasteiger partial charge is 0.251 e. The molecule has 0 fully saturated rings. The summed E-state index contributed by atoms with van der Waals surface area (Å²) in [5.74, 6) is 2.63. The SMILES string of the molecule is [C-]#[N+]c1ccc([C@@](F)(c2ccc3c(c2)c(-c2cccc(C#C)c2)cc(=O)n3C)c2cncn2C)cc1. The van der Waals surface area contributed by atoms with Gasteiger partial charge in [-0.2, -0.15) is 0 Å². The Morgan fingerprint density at radius 2 is 1.78 bits per heavy atom.